The molecule has 0 saturated heterocycles. The highest BCUT2D eigenvalue weighted by molar-refractivity contribution is 7.66. The van der Waals surface area contributed by atoms with E-state index in [9.17, 15) is 18.6 Å². The minimum atomic E-state index is -5.50. The summed E-state index contributed by atoms with van der Waals surface area (Å²) in [6.45, 7) is 2.66. The van der Waals surface area contributed by atoms with Crippen LogP contribution in [-0.2, 0) is 31.6 Å². The van der Waals surface area contributed by atoms with Crippen molar-refractivity contribution < 1.29 is 51.2 Å². The molecule has 124 valence electrons. The molecule has 0 aromatic heterocycles. The second kappa shape index (κ2) is 8.33. The smallest absolute Gasteiger partial charge is 0.383 e. The zero-order valence-corrected chi connectivity index (χ0v) is 13.8. The van der Waals surface area contributed by atoms with Gasteiger partial charge in [-0.15, -0.1) is 0 Å². The number of phosphoric ester groups is 1. The largest absolute Gasteiger partial charge is 0.490 e. The van der Waals surface area contributed by atoms with Gasteiger partial charge < -0.3 is 24.3 Å². The topological polar surface area (TPSA) is 169 Å². The molecule has 15 heteroatoms. The zero-order chi connectivity index (χ0) is 16.9. The average molecular weight is 368 g/mol. The molecule has 4 N–H and O–H groups in total. The van der Waals surface area contributed by atoms with E-state index in [0.717, 1.165) is 0 Å². The first-order valence-corrected chi connectivity index (χ1v) is 9.98. The van der Waals surface area contributed by atoms with Gasteiger partial charge in [0, 0.05) is 6.00 Å². The first kappa shape index (κ1) is 21.4. The Morgan fingerprint density at radius 3 is 1.95 bits per heavy atom. The lowest BCUT2D eigenvalue weighted by molar-refractivity contribution is -0.000251. The predicted molar refractivity (Wildman–Crippen MR) is 70.2 cm³/mol. The molecular formula is C6H16BO11P3. The lowest BCUT2D eigenvalue weighted by atomic mass is 10.0. The molecule has 4 atom stereocenters. The van der Waals surface area contributed by atoms with E-state index in [1.807, 2.05) is 0 Å². The van der Waals surface area contributed by atoms with Crippen LogP contribution in [0, 0.1) is 0 Å². The van der Waals surface area contributed by atoms with Crippen LogP contribution in [0.25, 0.3) is 0 Å². The van der Waals surface area contributed by atoms with Gasteiger partial charge in [-0.25, -0.2) is 13.7 Å². The van der Waals surface area contributed by atoms with E-state index in [1.165, 1.54) is 6.92 Å². The highest BCUT2D eigenvalue weighted by atomic mass is 31.3. The fourth-order valence-electron chi connectivity index (χ4n) is 1.04. The lowest BCUT2D eigenvalue weighted by Crippen LogP contribution is -2.24. The molecule has 0 bridgehead atoms. The molecule has 0 aliphatic heterocycles. The van der Waals surface area contributed by atoms with Gasteiger partial charge in [0.25, 0.3) is 0 Å². The SMILES string of the molecule is [B]C(C)OC(CC)COP(=O)(O)OP(=O)(O)OP(=O)(O)O. The van der Waals surface area contributed by atoms with Gasteiger partial charge in [0.2, 0.25) is 0 Å². The van der Waals surface area contributed by atoms with Crippen molar-refractivity contribution in [2.24, 2.45) is 0 Å². The Hall–Kier alpha value is 0.435. The maximum Gasteiger partial charge on any atom is 0.490 e. The molecular weight excluding hydrogens is 352 g/mol. The number of phosphoric acid groups is 3. The van der Waals surface area contributed by atoms with Gasteiger partial charge in [-0.1, -0.05) is 6.92 Å². The Morgan fingerprint density at radius 1 is 1.05 bits per heavy atom. The van der Waals surface area contributed by atoms with E-state index < -0.39 is 42.2 Å². The Bertz CT molecular complexity index is 461. The predicted octanol–water partition coefficient (Wildman–Crippen LogP) is 0.639. The van der Waals surface area contributed by atoms with Crippen LogP contribution < -0.4 is 0 Å². The van der Waals surface area contributed by atoms with Crippen LogP contribution in [0.2, 0.25) is 0 Å². The molecule has 11 nitrogen and oxygen atoms in total. The normalized spacial score (nSPS) is 21.2. The fraction of sp³-hybridized carbons (Fsp3) is 1.00. The van der Waals surface area contributed by atoms with Crippen LogP contribution in [0.4, 0.5) is 0 Å². The minimum Gasteiger partial charge on any atom is -0.383 e. The van der Waals surface area contributed by atoms with Crippen molar-refractivity contribution in [2.75, 3.05) is 6.61 Å². The Morgan fingerprint density at radius 2 is 1.57 bits per heavy atom. The summed E-state index contributed by atoms with van der Waals surface area (Å²) >= 11 is 0. The molecule has 0 amide bonds. The summed E-state index contributed by atoms with van der Waals surface area (Å²) in [5.41, 5.74) is 0. The molecule has 2 radical (unpaired) electrons. The maximum absolute atomic E-state index is 11.4. The first-order valence-electron chi connectivity index (χ1n) is 5.45. The molecule has 0 fully saturated rings. The number of rotatable bonds is 10. The summed E-state index contributed by atoms with van der Waals surface area (Å²) in [4.78, 5) is 34.8. The number of ether oxygens (including phenoxy) is 1. The highest BCUT2D eigenvalue weighted by Gasteiger charge is 2.40. The average Bonchev–Trinajstić information content (AvgIpc) is 2.18. The third-order valence-electron chi connectivity index (χ3n) is 1.70. The van der Waals surface area contributed by atoms with E-state index >= 15 is 0 Å². The Kier molecular flexibility index (Phi) is 8.51. The van der Waals surface area contributed by atoms with Gasteiger partial charge in [-0.05, 0) is 13.3 Å². The molecule has 0 saturated carbocycles. The molecule has 0 aliphatic rings. The molecule has 0 aliphatic carbocycles. The van der Waals surface area contributed by atoms with Crippen LogP contribution in [0.3, 0.4) is 0 Å². The van der Waals surface area contributed by atoms with Crippen molar-refractivity contribution >= 4 is 31.3 Å². The van der Waals surface area contributed by atoms with Gasteiger partial charge in [-0.3, -0.25) is 4.52 Å². The minimum absolute atomic E-state index is 0.345. The van der Waals surface area contributed by atoms with Gasteiger partial charge in [0.15, 0.2) is 0 Å². The summed E-state index contributed by atoms with van der Waals surface area (Å²) in [6.07, 6.45) is -0.355. The number of hydrogen-bond acceptors (Lipinski definition) is 7. The summed E-state index contributed by atoms with van der Waals surface area (Å²) in [5, 5.41) is 0. The summed E-state index contributed by atoms with van der Waals surface area (Å²) in [6, 6.07) is -0.681. The van der Waals surface area contributed by atoms with E-state index in [4.69, 9.17) is 27.3 Å². The Balaban J connectivity index is 4.59. The van der Waals surface area contributed by atoms with Gasteiger partial charge >= 0.3 is 23.5 Å². The second-order valence-corrected chi connectivity index (χ2v) is 8.18. The van der Waals surface area contributed by atoms with Crippen LogP contribution in [-0.4, -0.2) is 46.1 Å². The Labute approximate surface area is 122 Å². The van der Waals surface area contributed by atoms with Crippen molar-refractivity contribution in [3.8, 4) is 0 Å². The summed E-state index contributed by atoms with van der Waals surface area (Å²) in [7, 11) is -10.7. The van der Waals surface area contributed by atoms with E-state index in [2.05, 4.69) is 13.1 Å². The summed E-state index contributed by atoms with van der Waals surface area (Å²) in [5.74, 6) is 0. The van der Waals surface area contributed by atoms with Crippen molar-refractivity contribution in [3.05, 3.63) is 0 Å². The van der Waals surface area contributed by atoms with Gasteiger partial charge in [-0.2, -0.15) is 8.62 Å². The zero-order valence-electron chi connectivity index (χ0n) is 11.1. The monoisotopic (exact) mass is 368 g/mol. The summed E-state index contributed by atoms with van der Waals surface area (Å²) < 4.78 is 49.4. The molecule has 0 rings (SSSR count). The van der Waals surface area contributed by atoms with Crippen molar-refractivity contribution in [1.82, 2.24) is 0 Å². The van der Waals surface area contributed by atoms with Crippen molar-refractivity contribution in [3.63, 3.8) is 0 Å². The number of hydrogen-bond donors (Lipinski definition) is 4. The van der Waals surface area contributed by atoms with E-state index in [-0.39, 0.29) is 0 Å². The molecule has 0 spiro atoms. The molecule has 0 aromatic rings. The lowest BCUT2D eigenvalue weighted by Gasteiger charge is -2.21. The maximum atomic E-state index is 11.4. The van der Waals surface area contributed by atoms with Crippen molar-refractivity contribution in [1.29, 1.82) is 0 Å². The fourth-order valence-corrected chi connectivity index (χ4v) is 4.09. The highest BCUT2D eigenvalue weighted by Crippen LogP contribution is 2.66. The molecule has 4 unspecified atom stereocenters. The first-order chi connectivity index (χ1) is 9.26. The van der Waals surface area contributed by atoms with Gasteiger partial charge in [0.1, 0.15) is 7.85 Å². The molecule has 21 heavy (non-hydrogen) atoms. The van der Waals surface area contributed by atoms with Crippen molar-refractivity contribution in [2.45, 2.75) is 32.4 Å². The van der Waals surface area contributed by atoms with E-state index in [0.29, 0.717) is 6.42 Å². The van der Waals surface area contributed by atoms with E-state index in [1.54, 1.807) is 6.92 Å². The third kappa shape index (κ3) is 11.6. The standard InChI is InChI=1S/C6H16BO11P3/c1-3-6(16-5(2)7)4-15-20(11,12)18-21(13,14)17-19(8,9)10/h5-6H,3-4H2,1-2H3,(H,11,12)(H,13,14)(H2,8,9,10). The third-order valence-corrected chi connectivity index (χ3v) is 5.50. The van der Waals surface area contributed by atoms with Crippen LogP contribution in [0.5, 0.6) is 0 Å². The van der Waals surface area contributed by atoms with Crippen LogP contribution in [0.15, 0.2) is 0 Å². The molecule has 0 aromatic carbocycles. The molecule has 0 heterocycles. The van der Waals surface area contributed by atoms with Crippen LogP contribution >= 0.6 is 23.5 Å². The van der Waals surface area contributed by atoms with Crippen LogP contribution in [0.1, 0.15) is 20.3 Å². The quantitative estimate of drug-likeness (QED) is 0.315. The van der Waals surface area contributed by atoms with Gasteiger partial charge in [0.05, 0.1) is 12.7 Å². The second-order valence-electron chi connectivity index (χ2n) is 3.76.